The predicted molar refractivity (Wildman–Crippen MR) is 2.75 cm³/mol. The molecule has 0 saturated heterocycles. The monoisotopic (exact) mass is 231 g/mol. The average Bonchev–Trinajstić information content (AvgIpc) is 0. The normalized spacial score (nSPS) is 0. The third-order valence-corrected chi connectivity index (χ3v) is 0. The standard InChI is InChI=1S/2Fe.Mn.4O/q2*+3;+2;4*-2. The van der Waals surface area contributed by atoms with Crippen LogP contribution in [0.25, 0.3) is 0 Å². The van der Waals surface area contributed by atoms with Gasteiger partial charge in [0.05, 0.1) is 0 Å². The van der Waals surface area contributed by atoms with Gasteiger partial charge >= 0.3 is 51.2 Å². The Balaban J connectivity index is 0. The maximum atomic E-state index is 0. The van der Waals surface area contributed by atoms with Gasteiger partial charge in [0, 0.05) is 0 Å². The third-order valence-electron chi connectivity index (χ3n) is 0. The van der Waals surface area contributed by atoms with Gasteiger partial charge in [-0.3, -0.25) is 0 Å². The molecule has 3 radical (unpaired) electrons. The van der Waals surface area contributed by atoms with Crippen LogP contribution < -0.4 is 0 Å². The Morgan fingerprint density at radius 1 is 0.429 bits per heavy atom. The van der Waals surface area contributed by atoms with E-state index in [-0.39, 0.29) is 73.1 Å². The molecule has 0 heterocycles. The SMILES string of the molecule is [Fe+3].[Fe+3].[Mn+2].[O-2].[O-2].[O-2].[O-2]. The Kier molecular flexibility index (Phi) is 5200. The fourth-order valence-electron chi connectivity index (χ4n) is 0. The first-order valence-electron chi connectivity index (χ1n) is 0. The predicted octanol–water partition coefficient (Wildman–Crippen LogP) is -0.483. The summed E-state index contributed by atoms with van der Waals surface area (Å²) in [5.74, 6) is 0. The molecule has 0 aromatic carbocycles. The van der Waals surface area contributed by atoms with Crippen LogP contribution in [0.4, 0.5) is 0 Å². The summed E-state index contributed by atoms with van der Waals surface area (Å²) >= 11 is 0. The molecule has 0 aliphatic heterocycles. The van der Waals surface area contributed by atoms with Crippen molar-refractivity contribution in [1.82, 2.24) is 0 Å². The molecule has 0 aromatic heterocycles. The van der Waals surface area contributed by atoms with E-state index in [1.165, 1.54) is 0 Å². The Morgan fingerprint density at radius 2 is 0.429 bits per heavy atom. The Labute approximate surface area is 73.1 Å². The summed E-state index contributed by atoms with van der Waals surface area (Å²) in [5.41, 5.74) is 0. The maximum absolute atomic E-state index is 0. The molecule has 0 atom stereocenters. The van der Waals surface area contributed by atoms with Crippen LogP contribution >= 0.6 is 0 Å². The molecule has 0 bridgehead atoms. The number of hydrogen-bond donors (Lipinski definition) is 0. The smallest absolute Gasteiger partial charge is 2.00 e. The van der Waals surface area contributed by atoms with Crippen LogP contribution in [0.2, 0.25) is 0 Å². The average molecular weight is 231 g/mol. The van der Waals surface area contributed by atoms with Gasteiger partial charge in [0.1, 0.15) is 0 Å². The molecule has 0 amide bonds. The van der Waals surface area contributed by atoms with Crippen LogP contribution in [0, 0.1) is 0 Å². The van der Waals surface area contributed by atoms with Crippen molar-refractivity contribution < 1.29 is 73.1 Å². The summed E-state index contributed by atoms with van der Waals surface area (Å²) < 4.78 is 0. The van der Waals surface area contributed by atoms with E-state index < -0.39 is 0 Å². The minimum Gasteiger partial charge on any atom is -2.00 e. The molecular formula is Fe2MnO4. The van der Waals surface area contributed by atoms with Crippen molar-refractivity contribution in [3.05, 3.63) is 0 Å². The van der Waals surface area contributed by atoms with E-state index in [1.807, 2.05) is 0 Å². The third kappa shape index (κ3) is 110. The first-order valence-corrected chi connectivity index (χ1v) is 0. The second kappa shape index (κ2) is 155. The molecule has 7 heteroatoms. The van der Waals surface area contributed by atoms with Gasteiger partial charge in [-0.1, -0.05) is 0 Å². The minimum atomic E-state index is 0. The summed E-state index contributed by atoms with van der Waals surface area (Å²) in [6, 6.07) is 0. The van der Waals surface area contributed by atoms with E-state index in [9.17, 15) is 0 Å². The molecule has 0 rings (SSSR count). The fraction of sp³-hybridized carbons (Fsp3) is 0. The van der Waals surface area contributed by atoms with E-state index in [4.69, 9.17) is 0 Å². The van der Waals surface area contributed by atoms with E-state index in [1.54, 1.807) is 0 Å². The molecule has 0 spiro atoms. The molecule has 0 aliphatic carbocycles. The van der Waals surface area contributed by atoms with Crippen LogP contribution in [0.1, 0.15) is 0 Å². The maximum Gasteiger partial charge on any atom is 3.00 e. The van der Waals surface area contributed by atoms with Crippen LogP contribution in [0.3, 0.4) is 0 Å². The van der Waals surface area contributed by atoms with E-state index in [0.717, 1.165) is 0 Å². The first-order chi connectivity index (χ1) is 0. The summed E-state index contributed by atoms with van der Waals surface area (Å²) in [4.78, 5) is 0. The second-order valence-corrected chi connectivity index (χ2v) is 0. The Morgan fingerprint density at radius 3 is 0.429 bits per heavy atom. The number of hydrogen-bond acceptors (Lipinski definition) is 0. The largest absolute Gasteiger partial charge is 3.00 e. The van der Waals surface area contributed by atoms with Gasteiger partial charge in [0.15, 0.2) is 0 Å². The quantitative estimate of drug-likeness (QED) is 0.500. The zero-order valence-electron chi connectivity index (χ0n) is 2.72. The molecule has 0 saturated carbocycles. The zero-order valence-corrected chi connectivity index (χ0v) is 6.11. The molecule has 0 aliphatic rings. The van der Waals surface area contributed by atoms with Gasteiger partial charge in [0.25, 0.3) is 0 Å². The van der Waals surface area contributed by atoms with Crippen molar-refractivity contribution >= 4 is 0 Å². The van der Waals surface area contributed by atoms with Crippen molar-refractivity contribution in [1.29, 1.82) is 0 Å². The minimum absolute atomic E-state index is 0. The Bertz CT molecular complexity index is 9.65. The molecule has 4 nitrogen and oxygen atoms in total. The van der Waals surface area contributed by atoms with Crippen LogP contribution in [0.15, 0.2) is 0 Å². The topological polar surface area (TPSA) is 114 Å². The van der Waals surface area contributed by atoms with Crippen LogP contribution in [0.5, 0.6) is 0 Å². The summed E-state index contributed by atoms with van der Waals surface area (Å²) in [6.07, 6.45) is 0. The van der Waals surface area contributed by atoms with Crippen molar-refractivity contribution in [2.24, 2.45) is 0 Å². The van der Waals surface area contributed by atoms with Crippen molar-refractivity contribution in [3.63, 3.8) is 0 Å². The fourth-order valence-corrected chi connectivity index (χ4v) is 0. The van der Waals surface area contributed by atoms with Gasteiger partial charge < -0.3 is 21.9 Å². The summed E-state index contributed by atoms with van der Waals surface area (Å²) in [7, 11) is 0. The van der Waals surface area contributed by atoms with Crippen LogP contribution in [-0.4, -0.2) is 0 Å². The van der Waals surface area contributed by atoms with Gasteiger partial charge in [0.2, 0.25) is 0 Å². The van der Waals surface area contributed by atoms with Gasteiger partial charge in [-0.25, -0.2) is 0 Å². The molecule has 47 valence electrons. The first kappa shape index (κ1) is 235. The molecule has 0 unspecified atom stereocenters. The van der Waals surface area contributed by atoms with Crippen molar-refractivity contribution in [2.45, 2.75) is 0 Å². The van der Waals surface area contributed by atoms with Gasteiger partial charge in [-0.15, -0.1) is 0 Å². The van der Waals surface area contributed by atoms with Crippen molar-refractivity contribution in [3.8, 4) is 0 Å². The summed E-state index contributed by atoms with van der Waals surface area (Å²) in [6.45, 7) is 0. The zero-order chi connectivity index (χ0) is 0. The number of rotatable bonds is 0. The molecule has 0 aromatic rings. The molecule has 7 heavy (non-hydrogen) atoms. The summed E-state index contributed by atoms with van der Waals surface area (Å²) in [5, 5.41) is 0. The second-order valence-electron chi connectivity index (χ2n) is 0. The molecule has 0 N–H and O–H groups in total. The van der Waals surface area contributed by atoms with E-state index >= 15 is 0 Å². The van der Waals surface area contributed by atoms with Crippen molar-refractivity contribution in [2.75, 3.05) is 0 Å². The molecule has 0 fully saturated rings. The van der Waals surface area contributed by atoms with Gasteiger partial charge in [-0.05, 0) is 0 Å². The molecular weight excluding hydrogens is 231 g/mol. The van der Waals surface area contributed by atoms with E-state index in [0.29, 0.717) is 0 Å². The van der Waals surface area contributed by atoms with Gasteiger partial charge in [-0.2, -0.15) is 0 Å². The van der Waals surface area contributed by atoms with Crippen LogP contribution in [-0.2, 0) is 73.1 Å². The van der Waals surface area contributed by atoms with E-state index in [2.05, 4.69) is 0 Å². The Hall–Kier alpha value is 1.40.